The number of carbonyl (C=O) groups is 1. The highest BCUT2D eigenvalue weighted by Gasteiger charge is 2.21. The highest BCUT2D eigenvalue weighted by atomic mass is 32.1. The molecular formula is C12H11N3O4S. The largest absolute Gasteiger partial charge is 0.474 e. The van der Waals surface area contributed by atoms with E-state index in [1.165, 1.54) is 36.5 Å². The van der Waals surface area contributed by atoms with Crippen LogP contribution in [0.25, 0.3) is 0 Å². The molecule has 1 amide bonds. The van der Waals surface area contributed by atoms with Crippen LogP contribution in [0.2, 0.25) is 0 Å². The lowest BCUT2D eigenvalue weighted by atomic mass is 10.3. The van der Waals surface area contributed by atoms with Gasteiger partial charge in [0.05, 0.1) is 4.92 Å². The van der Waals surface area contributed by atoms with Crippen molar-refractivity contribution >= 4 is 28.1 Å². The van der Waals surface area contributed by atoms with E-state index in [0.29, 0.717) is 5.13 Å². The molecule has 104 valence electrons. The first kappa shape index (κ1) is 13.9. The Bertz CT molecular complexity index is 615. The van der Waals surface area contributed by atoms with E-state index in [4.69, 9.17) is 4.74 Å². The molecule has 2 aromatic rings. The number of nitro groups is 1. The van der Waals surface area contributed by atoms with Gasteiger partial charge in [-0.1, -0.05) is 12.1 Å². The smallest absolute Gasteiger partial charge is 0.310 e. The van der Waals surface area contributed by atoms with Gasteiger partial charge in [-0.3, -0.25) is 20.2 Å². The topological polar surface area (TPSA) is 94.4 Å². The Balaban J connectivity index is 2.06. The molecule has 0 aliphatic heterocycles. The van der Waals surface area contributed by atoms with E-state index in [1.807, 2.05) is 0 Å². The van der Waals surface area contributed by atoms with Gasteiger partial charge in [-0.05, 0) is 13.0 Å². The van der Waals surface area contributed by atoms with E-state index in [1.54, 1.807) is 17.6 Å². The molecule has 1 aromatic carbocycles. The maximum atomic E-state index is 11.9. The lowest BCUT2D eigenvalue weighted by molar-refractivity contribution is -0.386. The van der Waals surface area contributed by atoms with Crippen LogP contribution < -0.4 is 10.1 Å². The summed E-state index contributed by atoms with van der Waals surface area (Å²) in [6.07, 6.45) is 0.688. The van der Waals surface area contributed by atoms with Gasteiger partial charge >= 0.3 is 5.69 Å². The van der Waals surface area contributed by atoms with Crippen molar-refractivity contribution in [1.82, 2.24) is 4.98 Å². The minimum absolute atomic E-state index is 0.0549. The quantitative estimate of drug-likeness (QED) is 0.675. The lowest BCUT2D eigenvalue weighted by Crippen LogP contribution is -2.30. The van der Waals surface area contributed by atoms with Crippen molar-refractivity contribution in [3.8, 4) is 5.75 Å². The number of anilines is 1. The molecule has 1 N–H and O–H groups in total. The summed E-state index contributed by atoms with van der Waals surface area (Å²) in [6, 6.07) is 5.91. The fourth-order valence-corrected chi connectivity index (χ4v) is 1.98. The number of nitrogens with one attached hydrogen (secondary N) is 1. The summed E-state index contributed by atoms with van der Waals surface area (Å²) in [5.41, 5.74) is -0.179. The molecular weight excluding hydrogens is 282 g/mol. The number of ether oxygens (including phenoxy) is 1. The molecule has 0 unspecified atom stereocenters. The second kappa shape index (κ2) is 6.11. The van der Waals surface area contributed by atoms with Gasteiger partial charge in [-0.2, -0.15) is 0 Å². The molecule has 7 nitrogen and oxygen atoms in total. The predicted octanol–water partition coefficient (Wildman–Crippen LogP) is 2.46. The first-order valence-corrected chi connectivity index (χ1v) is 6.56. The Kier molecular flexibility index (Phi) is 4.26. The first-order chi connectivity index (χ1) is 9.58. The van der Waals surface area contributed by atoms with E-state index in [9.17, 15) is 14.9 Å². The summed E-state index contributed by atoms with van der Waals surface area (Å²) in [6.45, 7) is 1.51. The van der Waals surface area contributed by atoms with E-state index in [2.05, 4.69) is 10.3 Å². The number of benzene rings is 1. The standard InChI is InChI=1S/C12H11N3O4S/c1-8(11(16)14-12-13-6-7-20-12)19-10-5-3-2-4-9(10)15(17)18/h2-8H,1H3,(H,13,14,16)/t8-/m1/s1. The summed E-state index contributed by atoms with van der Waals surface area (Å²) < 4.78 is 5.34. The number of amides is 1. The van der Waals surface area contributed by atoms with Crippen molar-refractivity contribution in [2.75, 3.05) is 5.32 Å². The minimum Gasteiger partial charge on any atom is -0.474 e. The first-order valence-electron chi connectivity index (χ1n) is 5.68. The van der Waals surface area contributed by atoms with Gasteiger partial charge in [0, 0.05) is 17.6 Å². The van der Waals surface area contributed by atoms with Crippen molar-refractivity contribution in [2.45, 2.75) is 13.0 Å². The zero-order valence-corrected chi connectivity index (χ0v) is 11.3. The Morgan fingerprint density at radius 1 is 1.50 bits per heavy atom. The maximum absolute atomic E-state index is 11.9. The molecule has 1 atom stereocenters. The zero-order chi connectivity index (χ0) is 14.5. The van der Waals surface area contributed by atoms with Crippen molar-refractivity contribution in [3.05, 3.63) is 46.0 Å². The maximum Gasteiger partial charge on any atom is 0.310 e. The molecule has 0 saturated carbocycles. The number of aromatic nitrogens is 1. The summed E-state index contributed by atoms with van der Waals surface area (Å²) in [5.74, 6) is -0.364. The van der Waals surface area contributed by atoms with Gasteiger partial charge in [-0.25, -0.2) is 4.98 Å². The monoisotopic (exact) mass is 293 g/mol. The van der Waals surface area contributed by atoms with Crippen LogP contribution >= 0.6 is 11.3 Å². The normalized spacial score (nSPS) is 11.7. The average molecular weight is 293 g/mol. The number of nitro benzene ring substituents is 1. The molecule has 1 heterocycles. The molecule has 1 aromatic heterocycles. The van der Waals surface area contributed by atoms with Crippen molar-refractivity contribution in [3.63, 3.8) is 0 Å². The highest BCUT2D eigenvalue weighted by Crippen LogP contribution is 2.27. The van der Waals surface area contributed by atoms with E-state index < -0.39 is 16.9 Å². The highest BCUT2D eigenvalue weighted by molar-refractivity contribution is 7.13. The number of hydrogen-bond acceptors (Lipinski definition) is 6. The van der Waals surface area contributed by atoms with Gasteiger partial charge in [0.1, 0.15) is 0 Å². The fourth-order valence-electron chi connectivity index (χ4n) is 1.44. The molecule has 2 rings (SSSR count). The minimum atomic E-state index is -0.875. The molecule has 0 aliphatic carbocycles. The van der Waals surface area contributed by atoms with Crippen LogP contribution in [0.3, 0.4) is 0 Å². The zero-order valence-electron chi connectivity index (χ0n) is 10.5. The average Bonchev–Trinajstić information content (AvgIpc) is 2.91. The molecule has 0 fully saturated rings. The molecule has 8 heteroatoms. The third-order valence-corrected chi connectivity index (χ3v) is 3.09. The van der Waals surface area contributed by atoms with Crippen LogP contribution in [0.15, 0.2) is 35.8 Å². The second-order valence-electron chi connectivity index (χ2n) is 3.81. The molecule has 0 radical (unpaired) electrons. The van der Waals surface area contributed by atoms with Crippen molar-refractivity contribution < 1.29 is 14.5 Å². The van der Waals surface area contributed by atoms with Crippen molar-refractivity contribution in [2.24, 2.45) is 0 Å². The number of nitrogens with zero attached hydrogens (tertiary/aromatic N) is 2. The number of carbonyl (C=O) groups excluding carboxylic acids is 1. The summed E-state index contributed by atoms with van der Waals surface area (Å²) in [4.78, 5) is 26.1. The lowest BCUT2D eigenvalue weighted by Gasteiger charge is -2.13. The Labute approximate surface area is 118 Å². The van der Waals surface area contributed by atoms with Crippen molar-refractivity contribution in [1.29, 1.82) is 0 Å². The van der Waals surface area contributed by atoms with Crippen LogP contribution in [0.5, 0.6) is 5.75 Å². The van der Waals surface area contributed by atoms with Crippen LogP contribution in [0, 0.1) is 10.1 Å². The molecule has 0 saturated heterocycles. The molecule has 0 aliphatic rings. The summed E-state index contributed by atoms with van der Waals surface area (Å²) in [5, 5.41) is 15.6. The Hall–Kier alpha value is -2.48. The number of thiazole rings is 1. The van der Waals surface area contributed by atoms with Crippen LogP contribution in [0.4, 0.5) is 10.8 Å². The number of rotatable bonds is 5. The molecule has 0 bridgehead atoms. The third-order valence-electron chi connectivity index (χ3n) is 2.40. The second-order valence-corrected chi connectivity index (χ2v) is 4.71. The van der Waals surface area contributed by atoms with E-state index >= 15 is 0 Å². The Morgan fingerprint density at radius 2 is 2.25 bits per heavy atom. The third kappa shape index (κ3) is 3.29. The fraction of sp³-hybridized carbons (Fsp3) is 0.167. The van der Waals surface area contributed by atoms with E-state index in [0.717, 1.165) is 0 Å². The molecule has 0 spiro atoms. The number of hydrogen-bond donors (Lipinski definition) is 1. The predicted molar refractivity (Wildman–Crippen MR) is 73.9 cm³/mol. The van der Waals surface area contributed by atoms with Gasteiger partial charge in [0.2, 0.25) is 0 Å². The summed E-state index contributed by atoms with van der Waals surface area (Å²) >= 11 is 1.28. The van der Waals surface area contributed by atoms with Gasteiger partial charge in [-0.15, -0.1) is 11.3 Å². The van der Waals surface area contributed by atoms with Crippen LogP contribution in [-0.4, -0.2) is 21.9 Å². The van der Waals surface area contributed by atoms with Gasteiger partial charge < -0.3 is 4.74 Å². The van der Waals surface area contributed by atoms with Gasteiger partial charge in [0.25, 0.3) is 5.91 Å². The summed E-state index contributed by atoms with van der Waals surface area (Å²) in [7, 11) is 0. The van der Waals surface area contributed by atoms with Gasteiger partial charge in [0.15, 0.2) is 17.0 Å². The van der Waals surface area contributed by atoms with Crippen LogP contribution in [-0.2, 0) is 4.79 Å². The Morgan fingerprint density at radius 3 is 2.90 bits per heavy atom. The molecule has 20 heavy (non-hydrogen) atoms. The van der Waals surface area contributed by atoms with Crippen LogP contribution in [0.1, 0.15) is 6.92 Å². The van der Waals surface area contributed by atoms with E-state index in [-0.39, 0.29) is 11.4 Å². The number of para-hydroxylation sites is 2. The SMILES string of the molecule is C[C@@H](Oc1ccccc1[N+](=O)[O-])C(=O)Nc1nccs1.